The standard InChI is InChI=1S/C22H26Cl2N2O3S/c1-14-12-15(2)17(4)22(16(14)3)30(28,29)26-10-8-25(9-11-26)21(27)13-18-19(23)6-5-7-20(18)24/h5-7,12H,8-11,13H2,1-4H3. The average molecular weight is 469 g/mol. The summed E-state index contributed by atoms with van der Waals surface area (Å²) in [6.45, 7) is 8.75. The molecule has 1 aliphatic heterocycles. The van der Waals surface area contributed by atoms with E-state index >= 15 is 0 Å². The van der Waals surface area contributed by atoms with Crippen LogP contribution < -0.4 is 0 Å². The molecule has 0 unspecified atom stereocenters. The lowest BCUT2D eigenvalue weighted by Crippen LogP contribution is -2.51. The lowest BCUT2D eigenvalue weighted by atomic mass is 10.0. The van der Waals surface area contributed by atoms with Crippen molar-refractivity contribution in [3.05, 3.63) is 62.1 Å². The van der Waals surface area contributed by atoms with E-state index in [4.69, 9.17) is 23.2 Å². The van der Waals surface area contributed by atoms with Gasteiger partial charge in [0.2, 0.25) is 15.9 Å². The van der Waals surface area contributed by atoms with Gasteiger partial charge in [-0.25, -0.2) is 8.42 Å². The number of carbonyl (C=O) groups excluding carboxylic acids is 1. The zero-order chi connectivity index (χ0) is 22.2. The van der Waals surface area contributed by atoms with E-state index in [0.717, 1.165) is 22.3 Å². The molecule has 1 heterocycles. The summed E-state index contributed by atoms with van der Waals surface area (Å²) >= 11 is 12.4. The van der Waals surface area contributed by atoms with Crippen molar-refractivity contribution in [2.45, 2.75) is 39.0 Å². The van der Waals surface area contributed by atoms with E-state index in [1.807, 2.05) is 33.8 Å². The van der Waals surface area contributed by atoms with Crippen LogP contribution in [0, 0.1) is 27.7 Å². The zero-order valence-corrected chi connectivity index (χ0v) is 20.0. The first-order valence-corrected chi connectivity index (χ1v) is 12.0. The van der Waals surface area contributed by atoms with Gasteiger partial charge in [0.15, 0.2) is 0 Å². The van der Waals surface area contributed by atoms with Crippen molar-refractivity contribution < 1.29 is 13.2 Å². The fourth-order valence-electron chi connectivity index (χ4n) is 3.84. The Morgan fingerprint density at radius 1 is 0.933 bits per heavy atom. The van der Waals surface area contributed by atoms with Crippen molar-refractivity contribution >= 4 is 39.1 Å². The molecule has 0 radical (unpaired) electrons. The Balaban J connectivity index is 1.75. The minimum atomic E-state index is -3.64. The molecule has 1 aliphatic rings. The first-order valence-electron chi connectivity index (χ1n) is 9.82. The number of carbonyl (C=O) groups is 1. The summed E-state index contributed by atoms with van der Waals surface area (Å²) in [4.78, 5) is 14.8. The van der Waals surface area contributed by atoms with Gasteiger partial charge >= 0.3 is 0 Å². The highest BCUT2D eigenvalue weighted by Crippen LogP contribution is 2.30. The smallest absolute Gasteiger partial charge is 0.243 e. The number of halogens is 2. The first kappa shape index (κ1) is 23.1. The van der Waals surface area contributed by atoms with Crippen LogP contribution in [0.15, 0.2) is 29.2 Å². The van der Waals surface area contributed by atoms with Crippen molar-refractivity contribution in [2.24, 2.45) is 0 Å². The molecule has 0 saturated carbocycles. The topological polar surface area (TPSA) is 57.7 Å². The van der Waals surface area contributed by atoms with E-state index in [0.29, 0.717) is 33.6 Å². The predicted octanol–water partition coefficient (Wildman–Crippen LogP) is 4.30. The maximum absolute atomic E-state index is 13.4. The van der Waals surface area contributed by atoms with E-state index in [2.05, 4.69) is 0 Å². The summed E-state index contributed by atoms with van der Waals surface area (Å²) in [5, 5.41) is 0.913. The third kappa shape index (κ3) is 4.37. The van der Waals surface area contributed by atoms with Gasteiger partial charge in [0, 0.05) is 36.2 Å². The summed E-state index contributed by atoms with van der Waals surface area (Å²) in [5.74, 6) is -0.110. The lowest BCUT2D eigenvalue weighted by molar-refractivity contribution is -0.131. The molecule has 0 atom stereocenters. The number of aryl methyl sites for hydroxylation is 2. The van der Waals surface area contributed by atoms with E-state index in [1.165, 1.54) is 4.31 Å². The van der Waals surface area contributed by atoms with E-state index < -0.39 is 10.0 Å². The Kier molecular flexibility index (Phi) is 6.82. The maximum Gasteiger partial charge on any atom is 0.243 e. The molecule has 0 N–H and O–H groups in total. The zero-order valence-electron chi connectivity index (χ0n) is 17.6. The van der Waals surface area contributed by atoms with Gasteiger partial charge in [-0.3, -0.25) is 4.79 Å². The van der Waals surface area contributed by atoms with Crippen LogP contribution in [0.1, 0.15) is 27.8 Å². The molecule has 162 valence electrons. The van der Waals surface area contributed by atoms with Gasteiger partial charge in [0.05, 0.1) is 11.3 Å². The van der Waals surface area contributed by atoms with E-state index in [1.54, 1.807) is 23.1 Å². The number of sulfonamides is 1. The largest absolute Gasteiger partial charge is 0.340 e. The Morgan fingerprint density at radius 2 is 1.43 bits per heavy atom. The highest BCUT2D eigenvalue weighted by atomic mass is 35.5. The summed E-state index contributed by atoms with van der Waals surface area (Å²) in [5.41, 5.74) is 4.08. The molecule has 5 nitrogen and oxygen atoms in total. The van der Waals surface area contributed by atoms with Crippen molar-refractivity contribution in [3.8, 4) is 0 Å². The monoisotopic (exact) mass is 468 g/mol. The maximum atomic E-state index is 13.4. The molecule has 3 rings (SSSR count). The molecule has 2 aromatic rings. The number of amides is 1. The van der Waals surface area contributed by atoms with Crippen molar-refractivity contribution in [1.82, 2.24) is 9.21 Å². The highest BCUT2D eigenvalue weighted by molar-refractivity contribution is 7.89. The van der Waals surface area contributed by atoms with E-state index in [9.17, 15) is 13.2 Å². The number of hydrogen-bond donors (Lipinski definition) is 0. The number of nitrogens with zero attached hydrogens (tertiary/aromatic N) is 2. The Bertz CT molecular complexity index is 1050. The van der Waals surface area contributed by atoms with Gasteiger partial charge < -0.3 is 4.90 Å². The SMILES string of the molecule is Cc1cc(C)c(C)c(S(=O)(=O)N2CCN(C(=O)Cc3c(Cl)cccc3Cl)CC2)c1C. The van der Waals surface area contributed by atoms with Crippen LogP contribution in [0.2, 0.25) is 10.0 Å². The minimum Gasteiger partial charge on any atom is -0.340 e. The number of hydrogen-bond acceptors (Lipinski definition) is 3. The minimum absolute atomic E-state index is 0.0978. The second-order valence-electron chi connectivity index (χ2n) is 7.75. The van der Waals surface area contributed by atoms with Crippen LogP contribution in [0.4, 0.5) is 0 Å². The summed E-state index contributed by atoms with van der Waals surface area (Å²) < 4.78 is 28.2. The predicted molar refractivity (Wildman–Crippen MR) is 121 cm³/mol. The molecular weight excluding hydrogens is 443 g/mol. The second-order valence-corrected chi connectivity index (χ2v) is 10.4. The van der Waals surface area contributed by atoms with Gasteiger partial charge in [-0.15, -0.1) is 0 Å². The Hall–Kier alpha value is -1.60. The van der Waals surface area contributed by atoms with Gasteiger partial charge in [-0.2, -0.15) is 4.31 Å². The summed E-state index contributed by atoms with van der Waals surface area (Å²) in [6, 6.07) is 7.16. The second kappa shape index (κ2) is 8.87. The molecule has 0 bridgehead atoms. The number of piperazine rings is 1. The molecule has 1 amide bonds. The Labute approximate surface area is 188 Å². The molecule has 1 saturated heterocycles. The normalized spacial score (nSPS) is 15.5. The summed E-state index contributed by atoms with van der Waals surface area (Å²) in [6.07, 6.45) is 0.0978. The highest BCUT2D eigenvalue weighted by Gasteiger charge is 2.33. The van der Waals surface area contributed by atoms with Crippen LogP contribution in [-0.4, -0.2) is 49.7 Å². The lowest BCUT2D eigenvalue weighted by Gasteiger charge is -2.35. The molecule has 8 heteroatoms. The molecule has 2 aromatic carbocycles. The number of benzene rings is 2. The van der Waals surface area contributed by atoms with Crippen LogP contribution in [0.25, 0.3) is 0 Å². The third-order valence-corrected chi connectivity index (χ3v) is 8.76. The third-order valence-electron chi connectivity index (χ3n) is 5.88. The van der Waals surface area contributed by atoms with Crippen molar-refractivity contribution in [2.75, 3.05) is 26.2 Å². The van der Waals surface area contributed by atoms with Crippen molar-refractivity contribution in [3.63, 3.8) is 0 Å². The molecule has 0 aromatic heterocycles. The van der Waals surface area contributed by atoms with E-state index in [-0.39, 0.29) is 25.4 Å². The molecule has 0 spiro atoms. The van der Waals surface area contributed by atoms with Crippen molar-refractivity contribution in [1.29, 1.82) is 0 Å². The summed E-state index contributed by atoms with van der Waals surface area (Å²) in [7, 11) is -3.64. The fourth-order valence-corrected chi connectivity index (χ4v) is 6.37. The van der Waals surface area contributed by atoms with Crippen LogP contribution in [-0.2, 0) is 21.2 Å². The van der Waals surface area contributed by atoms with Gasteiger partial charge in [0.1, 0.15) is 0 Å². The molecular formula is C22H26Cl2N2O3S. The first-order chi connectivity index (χ1) is 14.0. The average Bonchev–Trinajstić information content (AvgIpc) is 2.69. The van der Waals surface area contributed by atoms with Gasteiger partial charge in [-0.1, -0.05) is 35.3 Å². The van der Waals surface area contributed by atoms with Gasteiger partial charge in [-0.05, 0) is 67.6 Å². The van der Waals surface area contributed by atoms with Crippen LogP contribution >= 0.6 is 23.2 Å². The van der Waals surface area contributed by atoms with Crippen LogP contribution in [0.3, 0.4) is 0 Å². The van der Waals surface area contributed by atoms with Crippen LogP contribution in [0.5, 0.6) is 0 Å². The molecule has 1 fully saturated rings. The quantitative estimate of drug-likeness (QED) is 0.671. The Morgan fingerprint density at radius 3 is 1.93 bits per heavy atom. The number of rotatable bonds is 4. The van der Waals surface area contributed by atoms with Gasteiger partial charge in [0.25, 0.3) is 0 Å². The molecule has 30 heavy (non-hydrogen) atoms. The molecule has 0 aliphatic carbocycles. The fraction of sp³-hybridized carbons (Fsp3) is 0.409.